The van der Waals surface area contributed by atoms with Gasteiger partial charge in [-0.15, -0.1) is 0 Å². The molecule has 0 aliphatic heterocycles. The molecular weight excluding hydrogens is 226 g/mol. The van der Waals surface area contributed by atoms with Crippen molar-refractivity contribution in [1.82, 2.24) is 5.32 Å². The second-order valence-electron chi connectivity index (χ2n) is 4.76. The van der Waals surface area contributed by atoms with E-state index in [9.17, 15) is 4.79 Å². The summed E-state index contributed by atoms with van der Waals surface area (Å²) in [4.78, 5) is 11.8. The number of methoxy groups -OCH3 is 1. The molecule has 1 N–H and O–H groups in total. The van der Waals surface area contributed by atoms with Crippen LogP contribution in [0.2, 0.25) is 0 Å². The summed E-state index contributed by atoms with van der Waals surface area (Å²) in [7, 11) is 1.65. The Balaban J connectivity index is 2.58. The number of nitrogens with one attached hydrogen (secondary N) is 1. The van der Waals surface area contributed by atoms with Gasteiger partial charge in [-0.1, -0.05) is 26.0 Å². The minimum atomic E-state index is 0.111. The number of carbonyl (C=O) groups is 1. The summed E-state index contributed by atoms with van der Waals surface area (Å²) in [6.07, 6.45) is 1.47. The largest absolute Gasteiger partial charge is 0.497 e. The van der Waals surface area contributed by atoms with Crippen LogP contribution in [0.1, 0.15) is 45.1 Å². The maximum atomic E-state index is 11.8. The molecule has 0 fully saturated rings. The zero-order valence-electron chi connectivity index (χ0n) is 11.7. The van der Waals surface area contributed by atoms with Crippen LogP contribution in [-0.2, 0) is 4.79 Å². The van der Waals surface area contributed by atoms with Crippen LogP contribution in [0.4, 0.5) is 0 Å². The number of benzene rings is 1. The topological polar surface area (TPSA) is 38.3 Å². The van der Waals surface area contributed by atoms with Crippen molar-refractivity contribution >= 4 is 5.91 Å². The maximum Gasteiger partial charge on any atom is 0.220 e. The molecular formula is C15H23NO2. The van der Waals surface area contributed by atoms with E-state index in [1.165, 1.54) is 0 Å². The molecule has 1 aromatic carbocycles. The number of amides is 1. The van der Waals surface area contributed by atoms with Gasteiger partial charge < -0.3 is 10.1 Å². The molecule has 1 aromatic rings. The van der Waals surface area contributed by atoms with Gasteiger partial charge in [0.25, 0.3) is 0 Å². The molecule has 3 heteroatoms. The fourth-order valence-electron chi connectivity index (χ4n) is 1.78. The summed E-state index contributed by atoms with van der Waals surface area (Å²) >= 11 is 0. The number of ether oxygens (including phenoxy) is 1. The van der Waals surface area contributed by atoms with Crippen molar-refractivity contribution in [3.63, 3.8) is 0 Å². The first kappa shape index (κ1) is 14.6. The summed E-state index contributed by atoms with van der Waals surface area (Å²) in [5.41, 5.74) is 1.13. The molecule has 0 saturated carbocycles. The molecule has 3 nitrogen and oxygen atoms in total. The zero-order chi connectivity index (χ0) is 13.5. The van der Waals surface area contributed by atoms with E-state index in [4.69, 9.17) is 4.74 Å². The van der Waals surface area contributed by atoms with Gasteiger partial charge in [0.1, 0.15) is 5.75 Å². The van der Waals surface area contributed by atoms with E-state index in [-0.39, 0.29) is 17.9 Å². The summed E-state index contributed by atoms with van der Waals surface area (Å²) in [5, 5.41) is 2.99. The van der Waals surface area contributed by atoms with Gasteiger partial charge in [0, 0.05) is 12.5 Å². The van der Waals surface area contributed by atoms with Gasteiger partial charge in [-0.3, -0.25) is 4.79 Å². The van der Waals surface area contributed by atoms with E-state index in [1.807, 2.05) is 31.2 Å². The predicted octanol–water partition coefficient (Wildman–Crippen LogP) is 3.10. The van der Waals surface area contributed by atoms with Gasteiger partial charge in [0.2, 0.25) is 5.91 Å². The lowest BCUT2D eigenvalue weighted by molar-refractivity contribution is -0.122. The lowest BCUT2D eigenvalue weighted by Crippen LogP contribution is -2.32. The van der Waals surface area contributed by atoms with Crippen molar-refractivity contribution < 1.29 is 9.53 Å². The van der Waals surface area contributed by atoms with Gasteiger partial charge in [-0.05, 0) is 37.0 Å². The molecule has 0 aromatic heterocycles. The summed E-state index contributed by atoms with van der Waals surface area (Å²) in [6, 6.07) is 8.13. The second-order valence-corrected chi connectivity index (χ2v) is 4.76. The number of rotatable bonds is 6. The summed E-state index contributed by atoms with van der Waals surface area (Å²) in [6.45, 7) is 6.15. The average molecular weight is 249 g/mol. The molecule has 1 rings (SSSR count). The fraction of sp³-hybridized carbons (Fsp3) is 0.533. The van der Waals surface area contributed by atoms with E-state index in [2.05, 4.69) is 19.2 Å². The van der Waals surface area contributed by atoms with Gasteiger partial charge in [-0.25, -0.2) is 0 Å². The average Bonchev–Trinajstić information content (AvgIpc) is 2.38. The van der Waals surface area contributed by atoms with Crippen LogP contribution in [-0.4, -0.2) is 19.1 Å². The van der Waals surface area contributed by atoms with Crippen molar-refractivity contribution in [2.45, 2.75) is 45.6 Å². The number of hydrogen-bond acceptors (Lipinski definition) is 2. The molecule has 0 bridgehead atoms. The Morgan fingerprint density at radius 3 is 2.72 bits per heavy atom. The van der Waals surface area contributed by atoms with E-state index in [0.717, 1.165) is 17.7 Å². The van der Waals surface area contributed by atoms with Crippen molar-refractivity contribution in [3.05, 3.63) is 29.8 Å². The van der Waals surface area contributed by atoms with Crippen LogP contribution in [0.25, 0.3) is 0 Å². The highest BCUT2D eigenvalue weighted by Crippen LogP contribution is 2.23. The van der Waals surface area contributed by atoms with Crippen LogP contribution in [0.5, 0.6) is 5.75 Å². The van der Waals surface area contributed by atoms with Gasteiger partial charge >= 0.3 is 0 Å². The Morgan fingerprint density at radius 2 is 2.11 bits per heavy atom. The van der Waals surface area contributed by atoms with Gasteiger partial charge in [-0.2, -0.15) is 0 Å². The third-order valence-electron chi connectivity index (χ3n) is 3.17. The third kappa shape index (κ3) is 4.40. The SMILES string of the molecule is CCC(C)NC(=O)CC(C)c1cccc(OC)c1. The van der Waals surface area contributed by atoms with Crippen LogP contribution in [0.3, 0.4) is 0 Å². The Labute approximate surface area is 110 Å². The molecule has 0 aliphatic rings. The molecule has 0 spiro atoms. The van der Waals surface area contributed by atoms with Crippen LogP contribution >= 0.6 is 0 Å². The standard InChI is InChI=1S/C15H23NO2/c1-5-12(3)16-15(17)9-11(2)13-7-6-8-14(10-13)18-4/h6-8,10-12H,5,9H2,1-4H3,(H,16,17). The highest BCUT2D eigenvalue weighted by atomic mass is 16.5. The van der Waals surface area contributed by atoms with Crippen molar-refractivity contribution in [3.8, 4) is 5.75 Å². The molecule has 100 valence electrons. The molecule has 1 amide bonds. The van der Waals surface area contributed by atoms with Crippen LogP contribution < -0.4 is 10.1 Å². The Bertz CT molecular complexity index is 390. The highest BCUT2D eigenvalue weighted by Gasteiger charge is 2.13. The monoisotopic (exact) mass is 249 g/mol. The molecule has 18 heavy (non-hydrogen) atoms. The fourth-order valence-corrected chi connectivity index (χ4v) is 1.78. The minimum Gasteiger partial charge on any atom is -0.497 e. The van der Waals surface area contributed by atoms with E-state index >= 15 is 0 Å². The normalized spacial score (nSPS) is 13.8. The first-order valence-electron chi connectivity index (χ1n) is 6.50. The van der Waals surface area contributed by atoms with Crippen LogP contribution in [0, 0.1) is 0 Å². The summed E-state index contributed by atoms with van der Waals surface area (Å²) in [5.74, 6) is 1.14. The second kappa shape index (κ2) is 7.04. The number of carbonyl (C=O) groups excluding carboxylic acids is 1. The van der Waals surface area contributed by atoms with E-state index in [1.54, 1.807) is 7.11 Å². The summed E-state index contributed by atoms with van der Waals surface area (Å²) < 4.78 is 5.19. The molecule has 2 unspecified atom stereocenters. The first-order valence-corrected chi connectivity index (χ1v) is 6.50. The molecule has 0 aliphatic carbocycles. The van der Waals surface area contributed by atoms with Crippen LogP contribution in [0.15, 0.2) is 24.3 Å². The molecule has 2 atom stereocenters. The number of hydrogen-bond donors (Lipinski definition) is 1. The van der Waals surface area contributed by atoms with Gasteiger partial charge in [0.05, 0.1) is 7.11 Å². The van der Waals surface area contributed by atoms with Gasteiger partial charge in [0.15, 0.2) is 0 Å². The molecule has 0 heterocycles. The lowest BCUT2D eigenvalue weighted by Gasteiger charge is -2.15. The van der Waals surface area contributed by atoms with E-state index < -0.39 is 0 Å². The Morgan fingerprint density at radius 1 is 1.39 bits per heavy atom. The minimum absolute atomic E-state index is 0.111. The van der Waals surface area contributed by atoms with E-state index in [0.29, 0.717) is 6.42 Å². The Hall–Kier alpha value is -1.51. The molecule has 0 saturated heterocycles. The third-order valence-corrected chi connectivity index (χ3v) is 3.17. The smallest absolute Gasteiger partial charge is 0.220 e. The van der Waals surface area contributed by atoms with Crippen molar-refractivity contribution in [2.75, 3.05) is 7.11 Å². The molecule has 0 radical (unpaired) electrons. The van der Waals surface area contributed by atoms with Crippen molar-refractivity contribution in [2.24, 2.45) is 0 Å². The maximum absolute atomic E-state index is 11.8. The quantitative estimate of drug-likeness (QED) is 0.841. The zero-order valence-corrected chi connectivity index (χ0v) is 11.7. The highest BCUT2D eigenvalue weighted by molar-refractivity contribution is 5.77. The van der Waals surface area contributed by atoms with Crippen molar-refractivity contribution in [1.29, 1.82) is 0 Å². The lowest BCUT2D eigenvalue weighted by atomic mass is 9.97. The Kier molecular flexibility index (Phi) is 5.69. The first-order chi connectivity index (χ1) is 8.56. The predicted molar refractivity (Wildman–Crippen MR) is 73.9 cm³/mol.